The summed E-state index contributed by atoms with van der Waals surface area (Å²) < 4.78 is 5.34. The maximum Gasteiger partial charge on any atom is 0.335 e. The van der Waals surface area contributed by atoms with Crippen molar-refractivity contribution >= 4 is 17.6 Å². The highest BCUT2D eigenvalue weighted by molar-refractivity contribution is 5.92. The Morgan fingerprint density at radius 1 is 1.09 bits per heavy atom. The molecule has 2 rings (SSSR count). The van der Waals surface area contributed by atoms with E-state index in [0.717, 1.165) is 17.7 Å². The molecule has 22 heavy (non-hydrogen) atoms. The number of anilines is 1. The van der Waals surface area contributed by atoms with Gasteiger partial charge in [0.05, 0.1) is 5.56 Å². The van der Waals surface area contributed by atoms with Crippen LogP contribution in [0.25, 0.3) is 0 Å². The molecule has 1 amide bonds. The zero-order chi connectivity index (χ0) is 15.9. The number of hydrogen-bond donors (Lipinski definition) is 2. The lowest BCUT2D eigenvalue weighted by atomic mass is 10.1. The van der Waals surface area contributed by atoms with Gasteiger partial charge in [-0.05, 0) is 42.3 Å². The highest BCUT2D eigenvalue weighted by atomic mass is 16.5. The summed E-state index contributed by atoms with van der Waals surface area (Å²) in [7, 11) is 0. The van der Waals surface area contributed by atoms with Crippen molar-refractivity contribution in [3.63, 3.8) is 0 Å². The summed E-state index contributed by atoms with van der Waals surface area (Å²) in [5, 5.41) is 11.6. The Bertz CT molecular complexity index is 665. The van der Waals surface area contributed by atoms with Crippen LogP contribution in [0.15, 0.2) is 48.5 Å². The molecule has 0 aliphatic carbocycles. The molecule has 114 valence electrons. The van der Waals surface area contributed by atoms with Gasteiger partial charge in [-0.25, -0.2) is 4.79 Å². The van der Waals surface area contributed by atoms with Gasteiger partial charge >= 0.3 is 5.97 Å². The zero-order valence-corrected chi connectivity index (χ0v) is 12.2. The summed E-state index contributed by atoms with van der Waals surface area (Å²) in [6.45, 7) is 1.88. The Kier molecular flexibility index (Phi) is 5.14. The fourth-order valence-electron chi connectivity index (χ4n) is 1.98. The molecule has 0 fully saturated rings. The van der Waals surface area contributed by atoms with Crippen LogP contribution in [0.1, 0.15) is 22.8 Å². The van der Waals surface area contributed by atoms with E-state index in [4.69, 9.17) is 9.84 Å². The van der Waals surface area contributed by atoms with Gasteiger partial charge in [0.2, 0.25) is 0 Å². The molecule has 5 heteroatoms. The summed E-state index contributed by atoms with van der Waals surface area (Å²) in [5.74, 6) is -0.812. The second-order valence-electron chi connectivity index (χ2n) is 4.68. The van der Waals surface area contributed by atoms with Crippen LogP contribution in [0.3, 0.4) is 0 Å². The molecule has 0 aliphatic heterocycles. The number of carbonyl (C=O) groups excluding carboxylic acids is 1. The molecule has 0 spiro atoms. The Hall–Kier alpha value is -2.82. The van der Waals surface area contributed by atoms with Gasteiger partial charge in [-0.15, -0.1) is 0 Å². The molecule has 5 nitrogen and oxygen atoms in total. The second kappa shape index (κ2) is 7.26. The van der Waals surface area contributed by atoms with Crippen LogP contribution in [-0.4, -0.2) is 23.6 Å². The average molecular weight is 299 g/mol. The number of nitrogens with one attached hydrogen (secondary N) is 1. The normalized spacial score (nSPS) is 10.0. The summed E-state index contributed by atoms with van der Waals surface area (Å²) in [6, 6.07) is 13.5. The quantitative estimate of drug-likeness (QED) is 0.860. The minimum Gasteiger partial charge on any atom is -0.484 e. The van der Waals surface area contributed by atoms with Crippen molar-refractivity contribution in [2.75, 3.05) is 11.9 Å². The highest BCUT2D eigenvalue weighted by Gasteiger charge is 2.07. The predicted molar refractivity (Wildman–Crippen MR) is 83.3 cm³/mol. The monoisotopic (exact) mass is 299 g/mol. The van der Waals surface area contributed by atoms with Crippen LogP contribution in [0.5, 0.6) is 5.75 Å². The van der Waals surface area contributed by atoms with Crippen LogP contribution in [-0.2, 0) is 11.2 Å². The van der Waals surface area contributed by atoms with E-state index < -0.39 is 5.97 Å². The van der Waals surface area contributed by atoms with Crippen LogP contribution >= 0.6 is 0 Å². The molecule has 0 saturated carbocycles. The number of amides is 1. The lowest BCUT2D eigenvalue weighted by Crippen LogP contribution is -2.20. The molecule has 0 unspecified atom stereocenters. The van der Waals surface area contributed by atoms with E-state index in [9.17, 15) is 9.59 Å². The lowest BCUT2D eigenvalue weighted by Gasteiger charge is -2.10. The molecule has 2 aromatic rings. The number of carboxylic acids is 1. The van der Waals surface area contributed by atoms with Crippen molar-refractivity contribution in [1.82, 2.24) is 0 Å². The number of hydrogen-bond acceptors (Lipinski definition) is 3. The van der Waals surface area contributed by atoms with E-state index in [1.165, 1.54) is 24.3 Å². The van der Waals surface area contributed by atoms with Crippen molar-refractivity contribution in [3.8, 4) is 5.75 Å². The molecule has 0 bridgehead atoms. The van der Waals surface area contributed by atoms with Gasteiger partial charge in [0.1, 0.15) is 5.75 Å². The van der Waals surface area contributed by atoms with E-state index in [0.29, 0.717) is 5.75 Å². The molecular formula is C17H17NO4. The number of benzene rings is 2. The molecule has 0 radical (unpaired) electrons. The Morgan fingerprint density at radius 2 is 1.77 bits per heavy atom. The lowest BCUT2D eigenvalue weighted by molar-refractivity contribution is -0.118. The topological polar surface area (TPSA) is 75.6 Å². The van der Waals surface area contributed by atoms with Crippen LogP contribution in [0.4, 0.5) is 5.69 Å². The second-order valence-corrected chi connectivity index (χ2v) is 4.68. The Labute approximate surface area is 128 Å². The molecule has 0 saturated heterocycles. The maximum atomic E-state index is 11.9. The summed E-state index contributed by atoms with van der Waals surface area (Å²) in [6.07, 6.45) is 0.827. The summed E-state index contributed by atoms with van der Waals surface area (Å²) >= 11 is 0. The van der Waals surface area contributed by atoms with E-state index in [2.05, 4.69) is 5.32 Å². The highest BCUT2D eigenvalue weighted by Crippen LogP contribution is 2.16. The number of aromatic carboxylic acids is 1. The third-order valence-electron chi connectivity index (χ3n) is 3.14. The smallest absolute Gasteiger partial charge is 0.335 e. The first-order valence-electron chi connectivity index (χ1n) is 6.94. The Morgan fingerprint density at radius 3 is 2.41 bits per heavy atom. The average Bonchev–Trinajstić information content (AvgIpc) is 2.54. The molecule has 2 N–H and O–H groups in total. The predicted octanol–water partition coefficient (Wildman–Crippen LogP) is 2.96. The third kappa shape index (κ3) is 4.09. The number of rotatable bonds is 6. The number of para-hydroxylation sites is 1. The van der Waals surface area contributed by atoms with Gasteiger partial charge in [0, 0.05) is 5.69 Å². The minimum absolute atomic E-state index is 0.134. The molecule has 2 aromatic carbocycles. The van der Waals surface area contributed by atoms with Crippen molar-refractivity contribution in [2.24, 2.45) is 0 Å². The van der Waals surface area contributed by atoms with Crippen LogP contribution in [0.2, 0.25) is 0 Å². The number of ether oxygens (including phenoxy) is 1. The number of aryl methyl sites for hydroxylation is 1. The van der Waals surface area contributed by atoms with Crippen molar-refractivity contribution in [2.45, 2.75) is 13.3 Å². The van der Waals surface area contributed by atoms with Gasteiger partial charge in [0.15, 0.2) is 6.61 Å². The van der Waals surface area contributed by atoms with Gasteiger partial charge in [-0.1, -0.05) is 25.1 Å². The summed E-state index contributed by atoms with van der Waals surface area (Å²) in [4.78, 5) is 22.6. The summed E-state index contributed by atoms with van der Waals surface area (Å²) in [5.41, 5.74) is 2.01. The molecule has 0 atom stereocenters. The van der Waals surface area contributed by atoms with Crippen molar-refractivity contribution in [3.05, 3.63) is 59.7 Å². The molecule has 0 aliphatic rings. The van der Waals surface area contributed by atoms with E-state index in [-0.39, 0.29) is 18.1 Å². The zero-order valence-electron chi connectivity index (χ0n) is 12.2. The maximum absolute atomic E-state index is 11.9. The number of carbonyl (C=O) groups is 2. The van der Waals surface area contributed by atoms with Gasteiger partial charge in [-0.3, -0.25) is 4.79 Å². The fraction of sp³-hybridized carbons (Fsp3) is 0.176. The first-order valence-corrected chi connectivity index (χ1v) is 6.94. The van der Waals surface area contributed by atoms with E-state index in [1.807, 2.05) is 31.2 Å². The first kappa shape index (κ1) is 15.6. The third-order valence-corrected chi connectivity index (χ3v) is 3.14. The SMILES string of the molecule is CCc1ccccc1NC(=O)COc1ccc(C(=O)O)cc1. The number of carboxylic acid groups (broad SMARTS) is 1. The van der Waals surface area contributed by atoms with E-state index in [1.54, 1.807) is 0 Å². The Balaban J connectivity index is 1.91. The first-order chi connectivity index (χ1) is 10.6. The molecular weight excluding hydrogens is 282 g/mol. The largest absolute Gasteiger partial charge is 0.484 e. The van der Waals surface area contributed by atoms with Crippen LogP contribution < -0.4 is 10.1 Å². The fourth-order valence-corrected chi connectivity index (χ4v) is 1.98. The van der Waals surface area contributed by atoms with E-state index >= 15 is 0 Å². The van der Waals surface area contributed by atoms with Crippen LogP contribution in [0, 0.1) is 0 Å². The van der Waals surface area contributed by atoms with Gasteiger partial charge in [-0.2, -0.15) is 0 Å². The van der Waals surface area contributed by atoms with Crippen molar-refractivity contribution < 1.29 is 19.4 Å². The molecule has 0 heterocycles. The van der Waals surface area contributed by atoms with Gasteiger partial charge in [0.25, 0.3) is 5.91 Å². The standard InChI is InChI=1S/C17H17NO4/c1-2-12-5-3-4-6-15(12)18-16(19)11-22-14-9-7-13(8-10-14)17(20)21/h3-10H,2,11H2,1H3,(H,18,19)(H,20,21). The van der Waals surface area contributed by atoms with Crippen molar-refractivity contribution in [1.29, 1.82) is 0 Å². The van der Waals surface area contributed by atoms with Gasteiger partial charge < -0.3 is 15.2 Å². The molecule has 0 aromatic heterocycles. The minimum atomic E-state index is -1.000.